The second-order valence-electron chi connectivity index (χ2n) is 5.73. The minimum absolute atomic E-state index is 0.913. The molecule has 1 aliphatic rings. The average molecular weight is 304 g/mol. The van der Waals surface area contributed by atoms with Crippen molar-refractivity contribution in [3.63, 3.8) is 0 Å². The molecule has 1 aliphatic heterocycles. The van der Waals surface area contributed by atoms with Gasteiger partial charge in [0.25, 0.3) is 0 Å². The lowest BCUT2D eigenvalue weighted by molar-refractivity contribution is 0.653. The number of thiophene rings is 1. The van der Waals surface area contributed by atoms with E-state index < -0.39 is 0 Å². The molecule has 0 bridgehead atoms. The first-order valence-corrected chi connectivity index (χ1v) is 8.62. The number of anilines is 1. The van der Waals surface area contributed by atoms with Crippen LogP contribution in [0.4, 0.5) is 5.82 Å². The summed E-state index contributed by atoms with van der Waals surface area (Å²) in [7, 11) is 2.06. The molecule has 3 rings (SSSR count). The first-order valence-electron chi connectivity index (χ1n) is 7.74. The zero-order chi connectivity index (χ0) is 14.8. The van der Waals surface area contributed by atoms with Crippen molar-refractivity contribution >= 4 is 17.2 Å². The minimum atomic E-state index is 0.913. The first-order chi connectivity index (χ1) is 10.2. The Morgan fingerprint density at radius 2 is 2.29 bits per heavy atom. The summed E-state index contributed by atoms with van der Waals surface area (Å²) in [5, 5.41) is 10.4. The predicted octanol–water partition coefficient (Wildman–Crippen LogP) is 2.85. The Bertz CT molecular complexity index is 614. The maximum atomic E-state index is 4.65. The van der Waals surface area contributed by atoms with Crippen molar-refractivity contribution in [2.24, 2.45) is 7.05 Å². The van der Waals surface area contributed by atoms with Crippen molar-refractivity contribution in [1.29, 1.82) is 0 Å². The third-order valence-corrected chi connectivity index (χ3v) is 5.17. The Balaban J connectivity index is 1.84. The molecule has 2 aromatic heterocycles. The number of aromatic nitrogens is 2. The van der Waals surface area contributed by atoms with Gasteiger partial charge in [-0.3, -0.25) is 4.68 Å². The second-order valence-corrected chi connectivity index (χ2v) is 6.73. The molecule has 0 saturated carbocycles. The predicted molar refractivity (Wildman–Crippen MR) is 89.0 cm³/mol. The molecule has 5 heteroatoms. The van der Waals surface area contributed by atoms with Gasteiger partial charge in [0.1, 0.15) is 5.82 Å². The lowest BCUT2D eigenvalue weighted by atomic mass is 10.1. The van der Waals surface area contributed by atoms with Crippen molar-refractivity contribution in [3.05, 3.63) is 33.1 Å². The molecule has 0 amide bonds. The molecule has 0 saturated heterocycles. The molecular weight excluding hydrogens is 280 g/mol. The summed E-state index contributed by atoms with van der Waals surface area (Å²) in [4.78, 5) is 4.04. The van der Waals surface area contributed by atoms with Gasteiger partial charge in [0.15, 0.2) is 0 Å². The molecule has 1 N–H and O–H groups in total. The van der Waals surface area contributed by atoms with E-state index in [1.807, 2.05) is 11.3 Å². The van der Waals surface area contributed by atoms with E-state index in [1.165, 1.54) is 16.9 Å². The third-order valence-electron chi connectivity index (χ3n) is 4.15. The van der Waals surface area contributed by atoms with E-state index in [-0.39, 0.29) is 0 Å². The Morgan fingerprint density at radius 1 is 1.43 bits per heavy atom. The standard InChI is InChI=1S/C16H24N4S/c1-4-7-17-10-14-12(2)18-19(3)16(14)20-8-5-15-13(11-20)6-9-21-15/h6,9,17H,4-5,7-8,10-11H2,1-3H3. The number of hydrogen-bond donors (Lipinski definition) is 1. The van der Waals surface area contributed by atoms with E-state index in [2.05, 4.69) is 52.3 Å². The van der Waals surface area contributed by atoms with Gasteiger partial charge in [-0.15, -0.1) is 11.3 Å². The van der Waals surface area contributed by atoms with Crippen molar-refractivity contribution < 1.29 is 0 Å². The first kappa shape index (κ1) is 14.6. The summed E-state index contributed by atoms with van der Waals surface area (Å²) in [6.07, 6.45) is 2.32. The summed E-state index contributed by atoms with van der Waals surface area (Å²) in [6.45, 7) is 8.39. The van der Waals surface area contributed by atoms with Crippen LogP contribution in [0, 0.1) is 6.92 Å². The zero-order valence-corrected chi connectivity index (χ0v) is 14.0. The molecule has 0 aliphatic carbocycles. The topological polar surface area (TPSA) is 33.1 Å². The second kappa shape index (κ2) is 6.20. The fourth-order valence-electron chi connectivity index (χ4n) is 3.11. The lowest BCUT2D eigenvalue weighted by Gasteiger charge is -2.30. The highest BCUT2D eigenvalue weighted by Crippen LogP contribution is 2.30. The molecule has 2 aromatic rings. The van der Waals surface area contributed by atoms with Crippen LogP contribution < -0.4 is 10.2 Å². The van der Waals surface area contributed by atoms with Crippen LogP contribution in [0.3, 0.4) is 0 Å². The highest BCUT2D eigenvalue weighted by Gasteiger charge is 2.23. The smallest absolute Gasteiger partial charge is 0.131 e. The van der Waals surface area contributed by atoms with Gasteiger partial charge < -0.3 is 10.2 Å². The van der Waals surface area contributed by atoms with Crippen LogP contribution in [-0.4, -0.2) is 22.9 Å². The van der Waals surface area contributed by atoms with Gasteiger partial charge in [-0.1, -0.05) is 6.92 Å². The molecule has 21 heavy (non-hydrogen) atoms. The largest absolute Gasteiger partial charge is 0.352 e. The van der Waals surface area contributed by atoms with Crippen molar-refractivity contribution in [2.45, 2.75) is 39.8 Å². The lowest BCUT2D eigenvalue weighted by Crippen LogP contribution is -2.32. The molecule has 0 fully saturated rings. The Morgan fingerprint density at radius 3 is 3.10 bits per heavy atom. The van der Waals surface area contributed by atoms with Crippen LogP contribution >= 0.6 is 11.3 Å². The quantitative estimate of drug-likeness (QED) is 0.862. The Kier molecular flexibility index (Phi) is 4.31. The van der Waals surface area contributed by atoms with E-state index in [0.29, 0.717) is 0 Å². The highest BCUT2D eigenvalue weighted by atomic mass is 32.1. The van der Waals surface area contributed by atoms with Gasteiger partial charge in [0, 0.05) is 37.1 Å². The normalized spacial score (nSPS) is 14.5. The fraction of sp³-hybridized carbons (Fsp3) is 0.562. The summed E-state index contributed by atoms with van der Waals surface area (Å²) in [5.41, 5.74) is 3.98. The Labute approximate surface area is 130 Å². The summed E-state index contributed by atoms with van der Waals surface area (Å²) >= 11 is 1.89. The maximum Gasteiger partial charge on any atom is 0.131 e. The summed E-state index contributed by atoms with van der Waals surface area (Å²) < 4.78 is 2.05. The molecule has 114 valence electrons. The fourth-order valence-corrected chi connectivity index (χ4v) is 4.00. The summed E-state index contributed by atoms with van der Waals surface area (Å²) in [6, 6.07) is 2.27. The van der Waals surface area contributed by atoms with Gasteiger partial charge in [-0.05, 0) is 43.3 Å². The van der Waals surface area contributed by atoms with E-state index in [0.717, 1.165) is 44.7 Å². The number of rotatable bonds is 5. The number of nitrogens with one attached hydrogen (secondary N) is 1. The molecule has 0 spiro atoms. The number of fused-ring (bicyclic) bond motifs is 1. The highest BCUT2D eigenvalue weighted by molar-refractivity contribution is 7.10. The van der Waals surface area contributed by atoms with E-state index >= 15 is 0 Å². The zero-order valence-electron chi connectivity index (χ0n) is 13.1. The van der Waals surface area contributed by atoms with Gasteiger partial charge in [-0.2, -0.15) is 5.10 Å². The number of aryl methyl sites for hydroxylation is 2. The minimum Gasteiger partial charge on any atom is -0.352 e. The van der Waals surface area contributed by atoms with Crippen LogP contribution in [0.2, 0.25) is 0 Å². The van der Waals surface area contributed by atoms with E-state index in [9.17, 15) is 0 Å². The molecule has 0 radical (unpaired) electrons. The number of hydrogen-bond acceptors (Lipinski definition) is 4. The SMILES string of the molecule is CCCNCc1c(C)nn(C)c1N1CCc2sccc2C1. The van der Waals surface area contributed by atoms with Crippen LogP contribution in [0.5, 0.6) is 0 Å². The third kappa shape index (κ3) is 2.85. The van der Waals surface area contributed by atoms with E-state index in [1.54, 1.807) is 4.88 Å². The van der Waals surface area contributed by atoms with Crippen molar-refractivity contribution in [1.82, 2.24) is 15.1 Å². The molecule has 0 aromatic carbocycles. The van der Waals surface area contributed by atoms with Gasteiger partial charge in [0.2, 0.25) is 0 Å². The average Bonchev–Trinajstić information content (AvgIpc) is 3.03. The number of nitrogens with zero attached hydrogens (tertiary/aromatic N) is 3. The van der Waals surface area contributed by atoms with Gasteiger partial charge in [-0.25, -0.2) is 0 Å². The molecule has 3 heterocycles. The monoisotopic (exact) mass is 304 g/mol. The van der Waals surface area contributed by atoms with Crippen LogP contribution in [0.1, 0.15) is 35.0 Å². The molecular formula is C16H24N4S. The van der Waals surface area contributed by atoms with Crippen molar-refractivity contribution in [2.75, 3.05) is 18.0 Å². The van der Waals surface area contributed by atoms with Crippen molar-refractivity contribution in [3.8, 4) is 0 Å². The van der Waals surface area contributed by atoms with Crippen LogP contribution in [-0.2, 0) is 26.6 Å². The van der Waals surface area contributed by atoms with E-state index in [4.69, 9.17) is 0 Å². The maximum absolute atomic E-state index is 4.65. The Hall–Kier alpha value is -1.33. The summed E-state index contributed by atoms with van der Waals surface area (Å²) in [5.74, 6) is 1.29. The molecule has 4 nitrogen and oxygen atoms in total. The van der Waals surface area contributed by atoms with Gasteiger partial charge >= 0.3 is 0 Å². The molecule has 0 atom stereocenters. The van der Waals surface area contributed by atoms with Crippen LogP contribution in [0.25, 0.3) is 0 Å². The van der Waals surface area contributed by atoms with Crippen LogP contribution in [0.15, 0.2) is 11.4 Å². The van der Waals surface area contributed by atoms with Gasteiger partial charge in [0.05, 0.1) is 5.69 Å². The molecule has 0 unspecified atom stereocenters.